The molecule has 140 valence electrons. The predicted octanol–water partition coefficient (Wildman–Crippen LogP) is 2.45. The molecule has 0 aliphatic carbocycles. The van der Waals surface area contributed by atoms with Crippen molar-refractivity contribution in [3.8, 4) is 17.2 Å². The van der Waals surface area contributed by atoms with E-state index in [0.717, 1.165) is 5.56 Å². The van der Waals surface area contributed by atoms with E-state index in [0.29, 0.717) is 22.2 Å². The number of nitrogen functional groups attached to an aromatic ring is 1. The maximum atomic E-state index is 12.5. The number of nitrogens with two attached hydrogens (primary N) is 1. The summed E-state index contributed by atoms with van der Waals surface area (Å²) in [5.74, 6) is 0.870. The Balaban J connectivity index is 1.78. The first-order chi connectivity index (χ1) is 13.0. The molecule has 1 aromatic heterocycles. The van der Waals surface area contributed by atoms with Gasteiger partial charge in [0.15, 0.2) is 11.5 Å². The minimum atomic E-state index is -0.440. The van der Waals surface area contributed by atoms with Crippen molar-refractivity contribution in [3.63, 3.8) is 0 Å². The summed E-state index contributed by atoms with van der Waals surface area (Å²) >= 11 is 6.13. The molecule has 0 aliphatic rings. The molecular formula is C18H18ClN5O3. The van der Waals surface area contributed by atoms with Crippen molar-refractivity contribution in [2.75, 3.05) is 20.0 Å². The van der Waals surface area contributed by atoms with Gasteiger partial charge in [0.25, 0.3) is 5.91 Å². The number of anilines is 1. The fourth-order valence-electron chi connectivity index (χ4n) is 2.54. The molecule has 0 saturated carbocycles. The Hall–Kier alpha value is -3.26. The standard InChI is InChI=1S/C18H18ClN5O3/c1-26-14-6-4-3-5-11(14)10-21-18(25)16-17(20)24(23-22-16)12-7-8-15(27-2)13(19)9-12/h3-9H,10,20H2,1-2H3,(H,21,25). The van der Waals surface area contributed by atoms with Crippen LogP contribution in [0.1, 0.15) is 16.1 Å². The van der Waals surface area contributed by atoms with Crippen molar-refractivity contribution in [2.45, 2.75) is 6.54 Å². The second-order valence-corrected chi connectivity index (χ2v) is 5.96. The maximum absolute atomic E-state index is 12.5. The number of benzene rings is 2. The topological polar surface area (TPSA) is 104 Å². The number of rotatable bonds is 6. The van der Waals surface area contributed by atoms with E-state index in [-0.39, 0.29) is 18.1 Å². The smallest absolute Gasteiger partial charge is 0.275 e. The Morgan fingerprint density at radius 2 is 1.93 bits per heavy atom. The number of aromatic nitrogens is 3. The van der Waals surface area contributed by atoms with Gasteiger partial charge < -0.3 is 20.5 Å². The summed E-state index contributed by atoms with van der Waals surface area (Å²) in [7, 11) is 3.10. The molecule has 0 fully saturated rings. The van der Waals surface area contributed by atoms with Crippen LogP contribution in [0, 0.1) is 0 Å². The third-order valence-corrected chi connectivity index (χ3v) is 4.23. The molecule has 1 heterocycles. The van der Waals surface area contributed by atoms with E-state index in [9.17, 15) is 4.79 Å². The molecule has 0 bridgehead atoms. The monoisotopic (exact) mass is 387 g/mol. The minimum Gasteiger partial charge on any atom is -0.496 e. The molecule has 0 spiro atoms. The van der Waals surface area contributed by atoms with Crippen LogP contribution in [0.2, 0.25) is 5.02 Å². The van der Waals surface area contributed by atoms with E-state index in [1.807, 2.05) is 24.3 Å². The molecule has 3 aromatic rings. The van der Waals surface area contributed by atoms with E-state index in [1.165, 1.54) is 11.8 Å². The number of carbonyl (C=O) groups is 1. The van der Waals surface area contributed by atoms with Gasteiger partial charge in [-0.3, -0.25) is 4.79 Å². The highest BCUT2D eigenvalue weighted by Gasteiger charge is 2.19. The van der Waals surface area contributed by atoms with Crippen LogP contribution in [0.25, 0.3) is 5.69 Å². The number of hydrogen-bond acceptors (Lipinski definition) is 6. The van der Waals surface area contributed by atoms with Gasteiger partial charge in [0.2, 0.25) is 0 Å². The second-order valence-electron chi connectivity index (χ2n) is 5.55. The lowest BCUT2D eigenvalue weighted by molar-refractivity contribution is 0.0946. The molecule has 27 heavy (non-hydrogen) atoms. The summed E-state index contributed by atoms with van der Waals surface area (Å²) in [6.07, 6.45) is 0. The molecule has 2 aromatic carbocycles. The van der Waals surface area contributed by atoms with Crippen LogP contribution in [0.5, 0.6) is 11.5 Å². The minimum absolute atomic E-state index is 0.0249. The number of methoxy groups -OCH3 is 2. The fourth-order valence-corrected chi connectivity index (χ4v) is 2.79. The maximum Gasteiger partial charge on any atom is 0.275 e. The van der Waals surface area contributed by atoms with Gasteiger partial charge in [-0.25, -0.2) is 0 Å². The van der Waals surface area contributed by atoms with Gasteiger partial charge in [0.05, 0.1) is 24.9 Å². The Kier molecular flexibility index (Phi) is 5.46. The zero-order chi connectivity index (χ0) is 19.4. The molecule has 9 heteroatoms. The van der Waals surface area contributed by atoms with E-state index in [4.69, 9.17) is 26.8 Å². The third-order valence-electron chi connectivity index (χ3n) is 3.93. The summed E-state index contributed by atoms with van der Waals surface area (Å²) < 4.78 is 11.7. The SMILES string of the molecule is COc1ccc(-n2nnc(C(=O)NCc3ccccc3OC)c2N)cc1Cl. The van der Waals surface area contributed by atoms with Crippen LogP contribution in [-0.4, -0.2) is 35.1 Å². The van der Waals surface area contributed by atoms with Gasteiger partial charge in [-0.05, 0) is 24.3 Å². The second kappa shape index (κ2) is 7.96. The molecule has 0 saturated heterocycles. The Morgan fingerprint density at radius 3 is 2.63 bits per heavy atom. The average molecular weight is 388 g/mol. The Labute approximate surface area is 160 Å². The first-order valence-corrected chi connectivity index (χ1v) is 8.38. The highest BCUT2D eigenvalue weighted by Crippen LogP contribution is 2.27. The molecule has 8 nitrogen and oxygen atoms in total. The van der Waals surface area contributed by atoms with E-state index in [2.05, 4.69) is 15.6 Å². The van der Waals surface area contributed by atoms with E-state index >= 15 is 0 Å². The zero-order valence-corrected chi connectivity index (χ0v) is 15.5. The molecule has 3 rings (SSSR count). The van der Waals surface area contributed by atoms with Crippen molar-refractivity contribution in [1.29, 1.82) is 0 Å². The van der Waals surface area contributed by atoms with Crippen molar-refractivity contribution >= 4 is 23.3 Å². The van der Waals surface area contributed by atoms with Crippen molar-refractivity contribution in [2.24, 2.45) is 0 Å². The van der Waals surface area contributed by atoms with Gasteiger partial charge in [-0.15, -0.1) is 5.10 Å². The molecule has 1 amide bonds. The predicted molar refractivity (Wildman–Crippen MR) is 101 cm³/mol. The van der Waals surface area contributed by atoms with E-state index < -0.39 is 5.91 Å². The van der Waals surface area contributed by atoms with Crippen molar-refractivity contribution < 1.29 is 14.3 Å². The summed E-state index contributed by atoms with van der Waals surface area (Å²) in [4.78, 5) is 12.5. The zero-order valence-electron chi connectivity index (χ0n) is 14.8. The van der Waals surface area contributed by atoms with Crippen LogP contribution in [0.15, 0.2) is 42.5 Å². The molecule has 0 unspecified atom stereocenters. The number of nitrogens with zero attached hydrogens (tertiary/aromatic N) is 3. The fraction of sp³-hybridized carbons (Fsp3) is 0.167. The summed E-state index contributed by atoms with van der Waals surface area (Å²) in [5, 5.41) is 11.0. The number of amides is 1. The Morgan fingerprint density at radius 1 is 1.19 bits per heavy atom. The Bertz CT molecular complexity index is 973. The van der Waals surface area contributed by atoms with Gasteiger partial charge in [-0.1, -0.05) is 35.0 Å². The molecule has 0 radical (unpaired) electrons. The number of hydrogen-bond donors (Lipinski definition) is 2. The highest BCUT2D eigenvalue weighted by atomic mass is 35.5. The first kappa shape index (κ1) is 18.5. The number of nitrogens with one attached hydrogen (secondary N) is 1. The lowest BCUT2D eigenvalue weighted by Gasteiger charge is -2.09. The summed E-state index contributed by atoms with van der Waals surface area (Å²) in [5.41, 5.74) is 7.48. The van der Waals surface area contributed by atoms with Gasteiger partial charge in [0, 0.05) is 12.1 Å². The quantitative estimate of drug-likeness (QED) is 0.673. The van der Waals surface area contributed by atoms with Gasteiger partial charge in [-0.2, -0.15) is 4.68 Å². The van der Waals surface area contributed by atoms with Crippen LogP contribution >= 0.6 is 11.6 Å². The highest BCUT2D eigenvalue weighted by molar-refractivity contribution is 6.32. The summed E-state index contributed by atoms with van der Waals surface area (Å²) in [6.45, 7) is 0.267. The molecule has 0 atom stereocenters. The van der Waals surface area contributed by atoms with E-state index in [1.54, 1.807) is 25.3 Å². The lowest BCUT2D eigenvalue weighted by atomic mass is 10.2. The first-order valence-electron chi connectivity index (χ1n) is 8.00. The van der Waals surface area contributed by atoms with Crippen LogP contribution in [0.3, 0.4) is 0 Å². The average Bonchev–Trinajstić information content (AvgIpc) is 3.07. The third kappa shape index (κ3) is 3.80. The summed E-state index contributed by atoms with van der Waals surface area (Å²) in [6, 6.07) is 12.4. The van der Waals surface area contributed by atoms with Crippen LogP contribution < -0.4 is 20.5 Å². The van der Waals surface area contributed by atoms with Crippen molar-refractivity contribution in [1.82, 2.24) is 20.3 Å². The van der Waals surface area contributed by atoms with Crippen LogP contribution in [-0.2, 0) is 6.54 Å². The molecular weight excluding hydrogens is 370 g/mol. The van der Waals surface area contributed by atoms with Crippen LogP contribution in [0.4, 0.5) is 5.82 Å². The number of para-hydroxylation sites is 1. The van der Waals surface area contributed by atoms with Crippen molar-refractivity contribution in [3.05, 3.63) is 58.7 Å². The number of halogens is 1. The molecule has 0 aliphatic heterocycles. The number of ether oxygens (including phenoxy) is 2. The number of carbonyl (C=O) groups excluding carboxylic acids is 1. The molecule has 3 N–H and O–H groups in total. The van der Waals surface area contributed by atoms with Gasteiger partial charge >= 0.3 is 0 Å². The normalized spacial score (nSPS) is 10.5. The lowest BCUT2D eigenvalue weighted by Crippen LogP contribution is -2.24. The largest absolute Gasteiger partial charge is 0.496 e. The van der Waals surface area contributed by atoms with Gasteiger partial charge in [0.1, 0.15) is 11.5 Å².